The number of carbonyl (C=O) groups excluding carboxylic acids is 2. The van der Waals surface area contributed by atoms with E-state index in [0.717, 1.165) is 16.5 Å². The number of likely N-dealkylation sites (tertiary alicyclic amines) is 1. The van der Waals surface area contributed by atoms with E-state index in [9.17, 15) is 14.7 Å². The molecular formula is C24H24N4O5. The van der Waals surface area contributed by atoms with Crippen molar-refractivity contribution in [1.29, 1.82) is 0 Å². The van der Waals surface area contributed by atoms with Gasteiger partial charge in [-0.15, -0.1) is 0 Å². The third kappa shape index (κ3) is 3.23. The van der Waals surface area contributed by atoms with Crippen molar-refractivity contribution >= 4 is 28.3 Å². The number of aliphatic hydroxyl groups is 1. The molecule has 2 amide bonds. The number of rotatable bonds is 4. The molecule has 33 heavy (non-hydrogen) atoms. The Morgan fingerprint density at radius 2 is 2.03 bits per heavy atom. The number of hydrogen-bond acceptors (Lipinski definition) is 6. The second kappa shape index (κ2) is 7.63. The number of furan rings is 1. The van der Waals surface area contributed by atoms with Gasteiger partial charge in [0.1, 0.15) is 16.8 Å². The summed E-state index contributed by atoms with van der Waals surface area (Å²) in [7, 11) is 1.56. The summed E-state index contributed by atoms with van der Waals surface area (Å²) < 4.78 is 13.5. The molecule has 0 saturated carbocycles. The Morgan fingerprint density at radius 1 is 1.24 bits per heavy atom. The van der Waals surface area contributed by atoms with Crippen molar-refractivity contribution in [2.75, 3.05) is 13.6 Å². The van der Waals surface area contributed by atoms with Crippen LogP contribution < -0.4 is 10.1 Å². The van der Waals surface area contributed by atoms with Crippen molar-refractivity contribution in [3.8, 4) is 11.5 Å². The van der Waals surface area contributed by atoms with Crippen LogP contribution in [0.15, 0.2) is 41.1 Å². The Bertz CT molecular complexity index is 1420. The number of ether oxygens (including phenoxy) is 1. The zero-order valence-electron chi connectivity index (χ0n) is 18.7. The molecule has 170 valence electrons. The largest absolute Gasteiger partial charge is 0.455 e. The van der Waals surface area contributed by atoms with Gasteiger partial charge in [-0.3, -0.25) is 9.59 Å². The van der Waals surface area contributed by atoms with Crippen molar-refractivity contribution in [2.24, 2.45) is 0 Å². The van der Waals surface area contributed by atoms with E-state index in [0.29, 0.717) is 34.7 Å². The number of hydrogen-bond donors (Lipinski definition) is 2. The zero-order valence-corrected chi connectivity index (χ0v) is 18.7. The lowest BCUT2D eigenvalue weighted by Gasteiger charge is -2.43. The Kier molecular flexibility index (Phi) is 4.86. The van der Waals surface area contributed by atoms with E-state index in [2.05, 4.69) is 10.4 Å². The molecule has 1 aliphatic heterocycles. The quantitative estimate of drug-likeness (QED) is 0.497. The second-order valence-corrected chi connectivity index (χ2v) is 8.32. The molecule has 4 heterocycles. The van der Waals surface area contributed by atoms with E-state index >= 15 is 0 Å². The standard InChI is InChI=1S/C24H24N4O5/c1-12-17(24(31)27-11-18(29)14(27)3)10-28-21(12)19(7-8-26-28)32-15-5-6-16-13(2)22(23(30)25-4)33-20(16)9-15/h5-10,14,18,29H,11H2,1-4H3,(H,25,30)/t14-,18-/m1/s1. The van der Waals surface area contributed by atoms with E-state index in [1.165, 1.54) is 0 Å². The van der Waals surface area contributed by atoms with Crippen LogP contribution in [-0.2, 0) is 0 Å². The molecule has 2 atom stereocenters. The van der Waals surface area contributed by atoms with E-state index in [1.54, 1.807) is 41.0 Å². The van der Waals surface area contributed by atoms with Gasteiger partial charge in [0, 0.05) is 42.9 Å². The smallest absolute Gasteiger partial charge is 0.287 e. The van der Waals surface area contributed by atoms with Crippen molar-refractivity contribution in [1.82, 2.24) is 19.8 Å². The Morgan fingerprint density at radius 3 is 2.73 bits per heavy atom. The highest BCUT2D eigenvalue weighted by Gasteiger charge is 2.38. The van der Waals surface area contributed by atoms with Crippen LogP contribution in [0.2, 0.25) is 0 Å². The molecule has 0 radical (unpaired) electrons. The fourth-order valence-electron chi connectivity index (χ4n) is 4.26. The van der Waals surface area contributed by atoms with Crippen LogP contribution in [-0.4, -0.2) is 57.2 Å². The Hall–Kier alpha value is -3.85. The van der Waals surface area contributed by atoms with Crippen molar-refractivity contribution in [2.45, 2.75) is 32.9 Å². The molecular weight excluding hydrogens is 424 g/mol. The summed E-state index contributed by atoms with van der Waals surface area (Å²) in [5.41, 5.74) is 3.25. The summed E-state index contributed by atoms with van der Waals surface area (Å²) in [5.74, 6) is 0.906. The van der Waals surface area contributed by atoms with Crippen molar-refractivity contribution < 1.29 is 23.8 Å². The molecule has 3 aromatic heterocycles. The molecule has 1 aliphatic rings. The Balaban J connectivity index is 1.50. The van der Waals surface area contributed by atoms with E-state index < -0.39 is 6.10 Å². The first-order valence-corrected chi connectivity index (χ1v) is 10.7. The van der Waals surface area contributed by atoms with Gasteiger partial charge in [0.15, 0.2) is 11.5 Å². The number of nitrogens with one attached hydrogen (secondary N) is 1. The van der Waals surface area contributed by atoms with Gasteiger partial charge in [-0.1, -0.05) is 0 Å². The SMILES string of the molecule is CNC(=O)c1oc2cc(Oc3ccnn4cc(C(=O)N5C[C@@H](O)[C@H]5C)c(C)c34)ccc2c1C. The first-order chi connectivity index (χ1) is 15.8. The molecule has 5 rings (SSSR count). The maximum atomic E-state index is 13.0. The van der Waals surface area contributed by atoms with Crippen LogP contribution in [0.4, 0.5) is 0 Å². The summed E-state index contributed by atoms with van der Waals surface area (Å²) in [6, 6.07) is 6.92. The van der Waals surface area contributed by atoms with Gasteiger partial charge < -0.3 is 24.5 Å². The number of aliphatic hydroxyl groups excluding tert-OH is 1. The lowest BCUT2D eigenvalue weighted by atomic mass is 9.99. The molecule has 2 N–H and O–H groups in total. The fraction of sp³-hybridized carbons (Fsp3) is 0.292. The average Bonchev–Trinajstić information content (AvgIpc) is 3.33. The number of amides is 2. The molecule has 4 aromatic rings. The molecule has 1 saturated heterocycles. The number of benzene rings is 1. The van der Waals surface area contributed by atoms with Gasteiger partial charge in [-0.2, -0.15) is 5.10 Å². The minimum absolute atomic E-state index is 0.143. The number of aryl methyl sites for hydroxylation is 2. The predicted molar refractivity (Wildman–Crippen MR) is 121 cm³/mol. The molecule has 0 aliphatic carbocycles. The monoisotopic (exact) mass is 448 g/mol. The van der Waals surface area contributed by atoms with E-state index in [-0.39, 0.29) is 23.6 Å². The highest BCUT2D eigenvalue weighted by molar-refractivity contribution is 6.00. The van der Waals surface area contributed by atoms with E-state index in [4.69, 9.17) is 9.15 Å². The fourth-order valence-corrected chi connectivity index (χ4v) is 4.26. The van der Waals surface area contributed by atoms with Crippen molar-refractivity contribution in [3.63, 3.8) is 0 Å². The maximum absolute atomic E-state index is 13.0. The Labute approximate surface area is 189 Å². The molecule has 0 spiro atoms. The minimum atomic E-state index is -0.493. The predicted octanol–water partition coefficient (Wildman–Crippen LogP) is 3.05. The van der Waals surface area contributed by atoms with Crippen LogP contribution >= 0.6 is 0 Å². The number of carbonyl (C=O) groups is 2. The number of nitrogens with zero attached hydrogens (tertiary/aromatic N) is 3. The van der Waals surface area contributed by atoms with Gasteiger partial charge in [0.25, 0.3) is 11.8 Å². The molecule has 0 unspecified atom stereocenters. The topological polar surface area (TPSA) is 109 Å². The third-order valence-corrected chi connectivity index (χ3v) is 6.38. The first-order valence-electron chi connectivity index (χ1n) is 10.7. The van der Waals surface area contributed by atoms with Crippen LogP contribution in [0.3, 0.4) is 0 Å². The zero-order chi connectivity index (χ0) is 23.4. The highest BCUT2D eigenvalue weighted by Crippen LogP contribution is 2.34. The highest BCUT2D eigenvalue weighted by atomic mass is 16.5. The maximum Gasteiger partial charge on any atom is 0.287 e. The molecule has 9 heteroatoms. The summed E-state index contributed by atoms with van der Waals surface area (Å²) >= 11 is 0. The lowest BCUT2D eigenvalue weighted by Crippen LogP contribution is -2.60. The van der Waals surface area contributed by atoms with Gasteiger partial charge in [-0.05, 0) is 38.5 Å². The molecule has 1 fully saturated rings. The van der Waals surface area contributed by atoms with Gasteiger partial charge in [-0.25, -0.2) is 4.52 Å². The van der Waals surface area contributed by atoms with Crippen LogP contribution in [0.1, 0.15) is 39.0 Å². The van der Waals surface area contributed by atoms with Crippen LogP contribution in [0, 0.1) is 13.8 Å². The number of β-amino-alcohol motifs (C(OH)–C–C–N with tert-alkyl or cyclic N) is 1. The molecule has 0 bridgehead atoms. The minimum Gasteiger partial charge on any atom is -0.455 e. The normalized spacial score (nSPS) is 17.9. The van der Waals surface area contributed by atoms with Gasteiger partial charge in [0.05, 0.1) is 23.9 Å². The first kappa shape index (κ1) is 21.0. The van der Waals surface area contributed by atoms with Crippen LogP contribution in [0.25, 0.3) is 16.5 Å². The van der Waals surface area contributed by atoms with E-state index in [1.807, 2.05) is 32.9 Å². The molecule has 9 nitrogen and oxygen atoms in total. The summed E-state index contributed by atoms with van der Waals surface area (Å²) in [6.45, 7) is 5.84. The van der Waals surface area contributed by atoms with Crippen molar-refractivity contribution in [3.05, 3.63) is 59.1 Å². The summed E-state index contributed by atoms with van der Waals surface area (Å²) in [4.78, 5) is 26.7. The third-order valence-electron chi connectivity index (χ3n) is 6.38. The van der Waals surface area contributed by atoms with Crippen LogP contribution in [0.5, 0.6) is 11.5 Å². The van der Waals surface area contributed by atoms with Gasteiger partial charge in [0.2, 0.25) is 0 Å². The molecule has 1 aromatic carbocycles. The second-order valence-electron chi connectivity index (χ2n) is 8.32. The summed E-state index contributed by atoms with van der Waals surface area (Å²) in [6.07, 6.45) is 2.80. The average molecular weight is 448 g/mol. The lowest BCUT2D eigenvalue weighted by molar-refractivity contribution is -0.0357. The van der Waals surface area contributed by atoms with Gasteiger partial charge >= 0.3 is 0 Å². The number of aromatic nitrogens is 2. The summed E-state index contributed by atoms with van der Waals surface area (Å²) in [5, 5.41) is 17.5. The number of fused-ring (bicyclic) bond motifs is 2.